The number of nitrogens with zero attached hydrogens (tertiary/aromatic N) is 4. The molecule has 2 aliphatic rings. The smallest absolute Gasteiger partial charge is 0.382 e. The molecule has 4 heterocycles. The first-order valence-corrected chi connectivity index (χ1v) is 7.82. The lowest BCUT2D eigenvalue weighted by atomic mass is 10.2. The number of hydrogen-bond acceptors (Lipinski definition) is 9. The van der Waals surface area contributed by atoms with E-state index in [0.717, 1.165) is 0 Å². The van der Waals surface area contributed by atoms with Crippen LogP contribution in [0.3, 0.4) is 0 Å². The van der Waals surface area contributed by atoms with Crippen LogP contribution >= 0.6 is 8.17 Å². The zero-order valence-corrected chi connectivity index (χ0v) is 11.6. The summed E-state index contributed by atoms with van der Waals surface area (Å²) in [6.45, 7) is 0.0751. The van der Waals surface area contributed by atoms with E-state index in [0.29, 0.717) is 23.4 Å². The highest BCUT2D eigenvalue weighted by molar-refractivity contribution is 7.54. The highest BCUT2D eigenvalue weighted by Gasteiger charge is 2.55. The number of hydrogen-bond donors (Lipinski definition) is 3. The average molecular weight is 314 g/mol. The van der Waals surface area contributed by atoms with Crippen molar-refractivity contribution in [2.24, 2.45) is 0 Å². The Bertz CT molecular complexity index is 694. The van der Waals surface area contributed by atoms with Crippen LogP contribution in [0.15, 0.2) is 12.7 Å². The Morgan fingerprint density at radius 2 is 2.14 bits per heavy atom. The summed E-state index contributed by atoms with van der Waals surface area (Å²) in [5.41, 5.74) is 6.80. The summed E-state index contributed by atoms with van der Waals surface area (Å²) in [4.78, 5) is 31.1. The van der Waals surface area contributed by atoms with Crippen molar-refractivity contribution in [3.8, 4) is 0 Å². The molecule has 0 aliphatic carbocycles. The van der Waals surface area contributed by atoms with E-state index in [1.807, 2.05) is 0 Å². The third-order valence-corrected chi connectivity index (χ3v) is 4.59. The van der Waals surface area contributed by atoms with Crippen LogP contribution in [0.5, 0.6) is 0 Å². The molecule has 0 bridgehead atoms. The fourth-order valence-corrected chi connectivity index (χ4v) is 3.57. The number of imidazole rings is 1. The molecule has 2 aromatic rings. The molecule has 21 heavy (non-hydrogen) atoms. The van der Waals surface area contributed by atoms with E-state index in [9.17, 15) is 9.79 Å². The van der Waals surface area contributed by atoms with Crippen molar-refractivity contribution in [1.82, 2.24) is 19.5 Å². The molecule has 0 spiro atoms. The quantitative estimate of drug-likeness (QED) is 0.609. The fraction of sp³-hybridized carbons (Fsp3) is 0.500. The lowest BCUT2D eigenvalue weighted by Gasteiger charge is -2.23. The van der Waals surface area contributed by atoms with Gasteiger partial charge < -0.3 is 10.5 Å². The predicted octanol–water partition coefficient (Wildman–Crippen LogP) is -0.226. The lowest BCUT2D eigenvalue weighted by Crippen LogP contribution is -2.34. The maximum Gasteiger partial charge on any atom is 0.570 e. The zero-order chi connectivity index (χ0) is 14.6. The van der Waals surface area contributed by atoms with Crippen LogP contribution in [0.25, 0.3) is 11.2 Å². The van der Waals surface area contributed by atoms with Crippen LogP contribution in [0.2, 0.25) is 0 Å². The van der Waals surface area contributed by atoms with E-state index in [2.05, 4.69) is 15.0 Å². The van der Waals surface area contributed by atoms with Crippen LogP contribution in [-0.4, -0.2) is 48.1 Å². The van der Waals surface area contributed by atoms with Gasteiger partial charge in [0.1, 0.15) is 36.9 Å². The first-order chi connectivity index (χ1) is 10.0. The Hall–Kier alpha value is -1.42. The Kier molecular flexibility index (Phi) is 2.86. The fourth-order valence-electron chi connectivity index (χ4n) is 2.59. The SMILES string of the molecule is Nc1ncnc2c1ncn2[C@H]1C[C@@H]2O[P+](O)(O)OC[C@H]2O1. The van der Waals surface area contributed by atoms with E-state index >= 15 is 0 Å². The second kappa shape index (κ2) is 4.54. The molecule has 0 unspecified atom stereocenters. The van der Waals surface area contributed by atoms with Gasteiger partial charge in [-0.1, -0.05) is 0 Å². The van der Waals surface area contributed by atoms with Gasteiger partial charge in [0.2, 0.25) is 0 Å². The topological polar surface area (TPSA) is 138 Å². The Balaban J connectivity index is 1.64. The summed E-state index contributed by atoms with van der Waals surface area (Å²) in [6, 6.07) is 0. The van der Waals surface area contributed by atoms with Gasteiger partial charge in [0.05, 0.1) is 6.33 Å². The van der Waals surface area contributed by atoms with Crippen LogP contribution in [-0.2, 0) is 13.8 Å². The number of nitrogens with two attached hydrogens (primary N) is 1. The number of nitrogen functional groups attached to an aromatic ring is 1. The van der Waals surface area contributed by atoms with Crippen molar-refractivity contribution >= 4 is 25.2 Å². The molecule has 2 fully saturated rings. The monoisotopic (exact) mass is 314 g/mol. The summed E-state index contributed by atoms with van der Waals surface area (Å²) < 4.78 is 17.5. The molecule has 0 radical (unpaired) electrons. The first kappa shape index (κ1) is 13.3. The minimum absolute atomic E-state index is 0.0751. The summed E-state index contributed by atoms with van der Waals surface area (Å²) >= 11 is 0. The predicted molar refractivity (Wildman–Crippen MR) is 70.4 cm³/mol. The molecule has 2 aliphatic heterocycles. The van der Waals surface area contributed by atoms with Crippen LogP contribution in [0, 0.1) is 0 Å². The first-order valence-electron chi connectivity index (χ1n) is 6.29. The number of anilines is 1. The standard InChI is InChI=1S/C10H13N5O5P/c11-9-8-10(13-3-12-9)15(4-14-8)7-1-5-6(19-7)2-18-21(16,17)20-5/h3-7,16-17H,1-2H2,(H2,11,12,13)/q+1/t5-,6+,7+/m0/s1. The van der Waals surface area contributed by atoms with E-state index in [4.69, 9.17) is 19.5 Å². The summed E-state index contributed by atoms with van der Waals surface area (Å²) in [5, 5.41) is 0. The van der Waals surface area contributed by atoms with E-state index in [1.54, 1.807) is 10.9 Å². The van der Waals surface area contributed by atoms with Crippen molar-refractivity contribution < 1.29 is 23.6 Å². The maximum absolute atomic E-state index is 9.46. The Morgan fingerprint density at radius 1 is 1.29 bits per heavy atom. The van der Waals surface area contributed by atoms with E-state index in [-0.39, 0.29) is 18.9 Å². The van der Waals surface area contributed by atoms with Crippen molar-refractivity contribution in [3.05, 3.63) is 12.7 Å². The molecular weight excluding hydrogens is 301 g/mol. The molecule has 4 N–H and O–H groups in total. The van der Waals surface area contributed by atoms with Gasteiger partial charge in [-0.05, 0) is 0 Å². The van der Waals surface area contributed by atoms with Gasteiger partial charge >= 0.3 is 8.17 Å². The molecular formula is C10H13N5O5P+. The summed E-state index contributed by atoms with van der Waals surface area (Å²) in [6.07, 6.45) is 2.17. The van der Waals surface area contributed by atoms with Gasteiger partial charge in [0, 0.05) is 6.42 Å². The molecule has 0 amide bonds. The van der Waals surface area contributed by atoms with Crippen molar-refractivity contribution in [3.63, 3.8) is 0 Å². The second-order valence-corrected chi connectivity index (χ2v) is 6.33. The molecule has 4 rings (SSSR count). The number of rotatable bonds is 1. The molecule has 0 aromatic carbocycles. The molecule has 2 saturated heterocycles. The van der Waals surface area contributed by atoms with Gasteiger partial charge in [0.25, 0.3) is 0 Å². The summed E-state index contributed by atoms with van der Waals surface area (Å²) in [5.74, 6) is 0.296. The van der Waals surface area contributed by atoms with E-state index < -0.39 is 14.3 Å². The molecule has 10 nitrogen and oxygen atoms in total. The van der Waals surface area contributed by atoms with Gasteiger partial charge in [0.15, 0.2) is 11.5 Å². The third kappa shape index (κ3) is 2.16. The Labute approximate surface area is 119 Å². The van der Waals surface area contributed by atoms with Crippen LogP contribution in [0.1, 0.15) is 12.6 Å². The van der Waals surface area contributed by atoms with Crippen molar-refractivity contribution in [2.75, 3.05) is 12.3 Å². The normalized spacial score (nSPS) is 31.4. The lowest BCUT2D eigenvalue weighted by molar-refractivity contribution is -0.0748. The van der Waals surface area contributed by atoms with Crippen molar-refractivity contribution in [1.29, 1.82) is 0 Å². The number of aromatic nitrogens is 4. The van der Waals surface area contributed by atoms with Crippen LogP contribution in [0.4, 0.5) is 5.82 Å². The minimum Gasteiger partial charge on any atom is -0.382 e. The van der Waals surface area contributed by atoms with E-state index in [1.165, 1.54) is 6.33 Å². The number of fused-ring (bicyclic) bond motifs is 2. The largest absolute Gasteiger partial charge is 0.570 e. The van der Waals surface area contributed by atoms with Crippen LogP contribution < -0.4 is 5.73 Å². The molecule has 112 valence electrons. The van der Waals surface area contributed by atoms with Crippen molar-refractivity contribution in [2.45, 2.75) is 24.9 Å². The third-order valence-electron chi connectivity index (χ3n) is 3.56. The van der Waals surface area contributed by atoms with Gasteiger partial charge in [-0.3, -0.25) is 4.57 Å². The molecule has 11 heteroatoms. The number of ether oxygens (including phenoxy) is 1. The highest BCUT2D eigenvalue weighted by atomic mass is 31.2. The second-order valence-electron chi connectivity index (χ2n) is 4.88. The highest BCUT2D eigenvalue weighted by Crippen LogP contribution is 2.58. The average Bonchev–Trinajstić information content (AvgIpc) is 3.01. The Morgan fingerprint density at radius 3 is 3.00 bits per heavy atom. The minimum atomic E-state index is -3.72. The van der Waals surface area contributed by atoms with Gasteiger partial charge in [-0.15, -0.1) is 4.52 Å². The zero-order valence-electron chi connectivity index (χ0n) is 10.7. The maximum atomic E-state index is 9.46. The molecule has 3 atom stereocenters. The van der Waals surface area contributed by atoms with Gasteiger partial charge in [-0.25, -0.2) is 15.0 Å². The molecule has 0 saturated carbocycles. The summed E-state index contributed by atoms with van der Waals surface area (Å²) in [7, 11) is -3.72. The van der Waals surface area contributed by atoms with Gasteiger partial charge in [-0.2, -0.15) is 14.3 Å². The molecule has 2 aromatic heterocycles.